The van der Waals surface area contributed by atoms with E-state index in [1.165, 1.54) is 16.6 Å². The largest absolute Gasteiger partial charge is 0.318 e. The van der Waals surface area contributed by atoms with Gasteiger partial charge in [0.25, 0.3) is 0 Å². The lowest BCUT2D eigenvalue weighted by atomic mass is 9.67. The fourth-order valence-corrected chi connectivity index (χ4v) is 4.31. The Kier molecular flexibility index (Phi) is 3.07. The lowest BCUT2D eigenvalue weighted by molar-refractivity contribution is 0.276. The number of hydrogen-bond donors (Lipinski definition) is 0. The van der Waals surface area contributed by atoms with E-state index >= 15 is 0 Å². The van der Waals surface area contributed by atoms with E-state index in [9.17, 15) is 0 Å². The lowest BCUT2D eigenvalue weighted by Crippen LogP contribution is -2.48. The van der Waals surface area contributed by atoms with Crippen LogP contribution in [0, 0.1) is 0 Å². The van der Waals surface area contributed by atoms with Crippen molar-refractivity contribution in [2.45, 2.75) is 18.4 Å². The molecule has 1 aliphatic heterocycles. The Balaban J connectivity index is 1.80. The number of para-hydroxylation sites is 2. The topological polar surface area (TPSA) is 17.8 Å². The van der Waals surface area contributed by atoms with Gasteiger partial charge in [-0.2, -0.15) is 0 Å². The summed E-state index contributed by atoms with van der Waals surface area (Å²) in [5.74, 6) is 1.12. The van der Waals surface area contributed by atoms with Crippen molar-refractivity contribution in [3.63, 3.8) is 0 Å². The second-order valence-electron chi connectivity index (χ2n) is 6.82. The summed E-state index contributed by atoms with van der Waals surface area (Å²) < 4.78 is 2.37. The van der Waals surface area contributed by atoms with Gasteiger partial charge in [0.05, 0.1) is 22.5 Å². The Morgan fingerprint density at radius 2 is 1.56 bits per heavy atom. The number of nitrogens with zero attached hydrogens (tertiary/aromatic N) is 2. The van der Waals surface area contributed by atoms with E-state index in [-0.39, 0.29) is 11.5 Å². The van der Waals surface area contributed by atoms with Crippen LogP contribution in [-0.4, -0.2) is 9.55 Å². The van der Waals surface area contributed by atoms with Gasteiger partial charge in [-0.05, 0) is 42.3 Å². The molecule has 2 heterocycles. The minimum atomic E-state index is -0.159. The van der Waals surface area contributed by atoms with Crippen LogP contribution in [0.15, 0.2) is 78.9 Å². The third-order valence-electron chi connectivity index (χ3n) is 5.42. The van der Waals surface area contributed by atoms with Gasteiger partial charge in [0.1, 0.15) is 5.82 Å². The second-order valence-corrected chi connectivity index (χ2v) is 7.25. The smallest absolute Gasteiger partial charge is 0.123 e. The molecule has 4 aromatic rings. The van der Waals surface area contributed by atoms with Crippen LogP contribution in [-0.2, 0) is 5.41 Å². The molecule has 0 bridgehead atoms. The molecule has 0 saturated carbocycles. The van der Waals surface area contributed by atoms with Gasteiger partial charge in [0, 0.05) is 5.02 Å². The van der Waals surface area contributed by atoms with Crippen LogP contribution in [0.3, 0.4) is 0 Å². The quantitative estimate of drug-likeness (QED) is 0.463. The Labute approximate surface area is 151 Å². The van der Waals surface area contributed by atoms with Gasteiger partial charge >= 0.3 is 0 Å². The van der Waals surface area contributed by atoms with Crippen molar-refractivity contribution < 1.29 is 0 Å². The predicted molar refractivity (Wildman–Crippen MR) is 102 cm³/mol. The number of rotatable bonds is 2. The first-order valence-electron chi connectivity index (χ1n) is 8.48. The van der Waals surface area contributed by atoms with Crippen molar-refractivity contribution in [1.29, 1.82) is 0 Å². The molecule has 2 atom stereocenters. The summed E-state index contributed by atoms with van der Waals surface area (Å²) in [4.78, 5) is 4.96. The third kappa shape index (κ3) is 1.95. The van der Waals surface area contributed by atoms with Gasteiger partial charge in [0.2, 0.25) is 0 Å². The maximum atomic E-state index is 6.12. The van der Waals surface area contributed by atoms with Crippen LogP contribution < -0.4 is 0 Å². The maximum Gasteiger partial charge on any atom is 0.123 e. The zero-order valence-corrected chi connectivity index (χ0v) is 14.6. The number of halogens is 1. The highest BCUT2D eigenvalue weighted by Gasteiger charge is 2.52. The molecule has 0 N–H and O–H groups in total. The average Bonchev–Trinajstić information content (AvgIpc) is 3.00. The van der Waals surface area contributed by atoms with Crippen molar-refractivity contribution >= 4 is 22.6 Å². The van der Waals surface area contributed by atoms with Crippen LogP contribution in [0.4, 0.5) is 0 Å². The van der Waals surface area contributed by atoms with Gasteiger partial charge in [-0.3, -0.25) is 0 Å². The summed E-state index contributed by atoms with van der Waals surface area (Å²) >= 11 is 6.12. The van der Waals surface area contributed by atoms with Gasteiger partial charge in [-0.15, -0.1) is 0 Å². The Bertz CT molecular complexity index is 1070. The van der Waals surface area contributed by atoms with Crippen LogP contribution in [0.25, 0.3) is 11.0 Å². The van der Waals surface area contributed by atoms with Gasteiger partial charge in [-0.1, -0.05) is 66.2 Å². The molecule has 5 rings (SSSR count). The molecule has 122 valence electrons. The van der Waals surface area contributed by atoms with Gasteiger partial charge < -0.3 is 4.57 Å². The van der Waals surface area contributed by atoms with Crippen molar-refractivity contribution in [3.8, 4) is 0 Å². The Hall–Kier alpha value is -2.58. The zero-order chi connectivity index (χ0) is 17.0. The fraction of sp³-hybridized carbons (Fsp3) is 0.136. The minimum Gasteiger partial charge on any atom is -0.318 e. The molecule has 3 aromatic carbocycles. The summed E-state index contributed by atoms with van der Waals surface area (Å²) in [6.45, 7) is 2.29. The van der Waals surface area contributed by atoms with Crippen molar-refractivity contribution in [3.05, 3.63) is 101 Å². The van der Waals surface area contributed by atoms with Crippen LogP contribution in [0.2, 0.25) is 5.02 Å². The fourth-order valence-electron chi connectivity index (χ4n) is 4.19. The molecule has 2 nitrogen and oxygen atoms in total. The summed E-state index contributed by atoms with van der Waals surface area (Å²) in [6, 6.07) is 27.4. The number of fused-ring (bicyclic) bond motifs is 3. The van der Waals surface area contributed by atoms with E-state index in [1.54, 1.807) is 0 Å². The molecular weight excluding hydrogens is 328 g/mol. The number of imidazole rings is 1. The Morgan fingerprint density at radius 1 is 0.880 bits per heavy atom. The molecule has 0 saturated heterocycles. The molecule has 1 aromatic heterocycles. The molecule has 0 fully saturated rings. The van der Waals surface area contributed by atoms with E-state index in [4.69, 9.17) is 16.6 Å². The first-order valence-corrected chi connectivity index (χ1v) is 8.86. The third-order valence-corrected chi connectivity index (χ3v) is 5.68. The number of benzene rings is 3. The molecular formula is C22H17ClN2. The molecule has 0 spiro atoms. The molecule has 3 heteroatoms. The summed E-state index contributed by atoms with van der Waals surface area (Å²) in [5.41, 5.74) is 4.62. The molecule has 1 aliphatic rings. The van der Waals surface area contributed by atoms with E-state index in [0.29, 0.717) is 0 Å². The van der Waals surface area contributed by atoms with Crippen LogP contribution >= 0.6 is 11.6 Å². The minimum absolute atomic E-state index is 0.159. The molecule has 0 aliphatic carbocycles. The van der Waals surface area contributed by atoms with Gasteiger partial charge in [-0.25, -0.2) is 4.98 Å². The summed E-state index contributed by atoms with van der Waals surface area (Å²) in [5, 5.41) is 0.764. The monoisotopic (exact) mass is 344 g/mol. The molecule has 0 radical (unpaired) electrons. The van der Waals surface area contributed by atoms with Crippen LogP contribution in [0.1, 0.15) is 29.9 Å². The zero-order valence-electron chi connectivity index (χ0n) is 13.9. The Morgan fingerprint density at radius 3 is 2.32 bits per heavy atom. The normalized spacial score (nSPS) is 21.8. The second kappa shape index (κ2) is 5.21. The molecule has 25 heavy (non-hydrogen) atoms. The van der Waals surface area contributed by atoms with Gasteiger partial charge in [0.15, 0.2) is 0 Å². The lowest BCUT2D eigenvalue weighted by Gasteiger charge is -2.48. The van der Waals surface area contributed by atoms with Crippen molar-refractivity contribution in [1.82, 2.24) is 9.55 Å². The first-order chi connectivity index (χ1) is 12.2. The maximum absolute atomic E-state index is 6.12. The van der Waals surface area contributed by atoms with Crippen LogP contribution in [0.5, 0.6) is 0 Å². The van der Waals surface area contributed by atoms with E-state index in [2.05, 4.69) is 72.2 Å². The van der Waals surface area contributed by atoms with E-state index in [0.717, 1.165) is 16.4 Å². The van der Waals surface area contributed by atoms with Crippen molar-refractivity contribution in [2.75, 3.05) is 0 Å². The highest BCUT2D eigenvalue weighted by Crippen LogP contribution is 2.54. The molecule has 0 amide bonds. The summed E-state index contributed by atoms with van der Waals surface area (Å²) in [7, 11) is 0. The van der Waals surface area contributed by atoms with E-state index < -0.39 is 0 Å². The predicted octanol–water partition coefficient (Wildman–Crippen LogP) is 5.60. The number of hydrogen-bond acceptors (Lipinski definition) is 1. The highest BCUT2D eigenvalue weighted by atomic mass is 35.5. The summed E-state index contributed by atoms with van der Waals surface area (Å²) in [6.07, 6.45) is 0. The average molecular weight is 345 g/mol. The first kappa shape index (κ1) is 14.7. The standard InChI is InChI=1S/C22H17ClN2/c1-22(16-7-3-2-4-8-16)20(15-11-13-17(23)14-12-15)25-19-10-6-5-9-18(19)24-21(22)25/h2-14,20H,1H3/t20-,22-/m0/s1. The van der Waals surface area contributed by atoms with E-state index in [1.807, 2.05) is 18.2 Å². The SMILES string of the molecule is C[C@@]1(c2ccccc2)c2nc3ccccc3n2[C@H]1c1ccc(Cl)cc1. The van der Waals surface area contributed by atoms with Crippen molar-refractivity contribution in [2.24, 2.45) is 0 Å². The number of aromatic nitrogens is 2. The highest BCUT2D eigenvalue weighted by molar-refractivity contribution is 6.30. The molecule has 0 unspecified atom stereocenters.